The Hall–Kier alpha value is -1.47. The van der Waals surface area contributed by atoms with Crippen LogP contribution < -0.4 is 5.32 Å². The number of aliphatic hydroxyl groups is 1. The van der Waals surface area contributed by atoms with Crippen LogP contribution in [0.1, 0.15) is 39.5 Å². The van der Waals surface area contributed by atoms with Crippen LogP contribution in [0.3, 0.4) is 0 Å². The molecule has 1 fully saturated rings. The maximum atomic E-state index is 10.6. The fourth-order valence-corrected chi connectivity index (χ4v) is 2.73. The van der Waals surface area contributed by atoms with Crippen molar-refractivity contribution in [3.63, 3.8) is 0 Å². The molecule has 1 unspecified atom stereocenters. The van der Waals surface area contributed by atoms with Gasteiger partial charge in [0.05, 0.1) is 17.6 Å². The minimum absolute atomic E-state index is 0.0512. The molecule has 1 heterocycles. The standard InChI is InChI=1S/C14H24N4O3/c1-14(2)5-3-11(4-6-14)15-8-13(19)10-17-9-12(7-16-17)18(20)21/h7,9,11,13,15,19H,3-6,8,10H2,1-2H3. The summed E-state index contributed by atoms with van der Waals surface area (Å²) in [6.45, 7) is 5.34. The van der Waals surface area contributed by atoms with E-state index in [0.717, 1.165) is 12.8 Å². The van der Waals surface area contributed by atoms with Crippen molar-refractivity contribution in [2.45, 2.75) is 58.2 Å². The fraction of sp³-hybridized carbons (Fsp3) is 0.786. The molecule has 0 aromatic carbocycles. The third-order valence-corrected chi connectivity index (χ3v) is 4.21. The van der Waals surface area contributed by atoms with Gasteiger partial charge in [-0.1, -0.05) is 13.8 Å². The summed E-state index contributed by atoms with van der Waals surface area (Å²) in [7, 11) is 0. The lowest BCUT2D eigenvalue weighted by Crippen LogP contribution is -2.40. The number of nitro groups is 1. The van der Waals surface area contributed by atoms with Gasteiger partial charge >= 0.3 is 5.69 Å². The third-order valence-electron chi connectivity index (χ3n) is 4.21. The number of aromatic nitrogens is 2. The molecule has 0 saturated heterocycles. The molecule has 1 aliphatic carbocycles. The summed E-state index contributed by atoms with van der Waals surface area (Å²) in [6, 6.07) is 0.458. The van der Waals surface area contributed by atoms with Gasteiger partial charge in [-0.3, -0.25) is 14.8 Å². The van der Waals surface area contributed by atoms with Crippen LogP contribution in [0, 0.1) is 15.5 Å². The maximum absolute atomic E-state index is 10.6. The molecule has 2 N–H and O–H groups in total. The van der Waals surface area contributed by atoms with Crippen molar-refractivity contribution in [2.24, 2.45) is 5.41 Å². The largest absolute Gasteiger partial charge is 0.390 e. The van der Waals surface area contributed by atoms with Gasteiger partial charge in [0, 0.05) is 12.6 Å². The van der Waals surface area contributed by atoms with Crippen LogP contribution in [-0.2, 0) is 6.54 Å². The van der Waals surface area contributed by atoms with E-state index in [0.29, 0.717) is 18.0 Å². The zero-order chi connectivity index (χ0) is 15.5. The smallest absolute Gasteiger partial charge is 0.306 e. The molecule has 1 aromatic heterocycles. The van der Waals surface area contributed by atoms with E-state index in [1.807, 2.05) is 0 Å². The highest BCUT2D eigenvalue weighted by atomic mass is 16.6. The Morgan fingerprint density at radius 3 is 2.81 bits per heavy atom. The lowest BCUT2D eigenvalue weighted by atomic mass is 9.75. The van der Waals surface area contributed by atoms with Crippen molar-refractivity contribution in [1.29, 1.82) is 0 Å². The lowest BCUT2D eigenvalue weighted by molar-refractivity contribution is -0.385. The van der Waals surface area contributed by atoms with Gasteiger partial charge in [0.15, 0.2) is 0 Å². The van der Waals surface area contributed by atoms with Gasteiger partial charge in [-0.2, -0.15) is 5.10 Å². The van der Waals surface area contributed by atoms with E-state index in [2.05, 4.69) is 24.3 Å². The van der Waals surface area contributed by atoms with E-state index in [1.165, 1.54) is 29.9 Å². The van der Waals surface area contributed by atoms with Crippen LogP contribution in [-0.4, -0.2) is 38.5 Å². The van der Waals surface area contributed by atoms with E-state index in [9.17, 15) is 15.2 Å². The average Bonchev–Trinajstić information content (AvgIpc) is 2.86. The van der Waals surface area contributed by atoms with Crippen molar-refractivity contribution in [3.8, 4) is 0 Å². The molecule has 0 bridgehead atoms. The first kappa shape index (κ1) is 15.9. The summed E-state index contributed by atoms with van der Waals surface area (Å²) in [5, 5.41) is 27.8. The van der Waals surface area contributed by atoms with Crippen LogP contribution in [0.5, 0.6) is 0 Å². The number of hydrogen-bond donors (Lipinski definition) is 2. The quantitative estimate of drug-likeness (QED) is 0.615. The van der Waals surface area contributed by atoms with Gasteiger partial charge < -0.3 is 10.4 Å². The van der Waals surface area contributed by atoms with Crippen molar-refractivity contribution in [2.75, 3.05) is 6.54 Å². The Kier molecular flexibility index (Phi) is 4.95. The molecule has 1 aliphatic rings. The number of nitrogens with one attached hydrogen (secondary N) is 1. The average molecular weight is 296 g/mol. The molecular weight excluding hydrogens is 272 g/mol. The molecule has 7 nitrogen and oxygen atoms in total. The van der Waals surface area contributed by atoms with E-state index in [4.69, 9.17) is 0 Å². The first-order valence-corrected chi connectivity index (χ1v) is 7.44. The Morgan fingerprint density at radius 2 is 2.24 bits per heavy atom. The molecule has 1 saturated carbocycles. The van der Waals surface area contributed by atoms with Crippen LogP contribution >= 0.6 is 0 Å². The predicted molar refractivity (Wildman–Crippen MR) is 78.9 cm³/mol. The first-order chi connectivity index (χ1) is 9.85. The van der Waals surface area contributed by atoms with Gasteiger partial charge in [0.25, 0.3) is 0 Å². The lowest BCUT2D eigenvalue weighted by Gasteiger charge is -2.35. The summed E-state index contributed by atoms with van der Waals surface area (Å²) in [4.78, 5) is 10.1. The van der Waals surface area contributed by atoms with Crippen molar-refractivity contribution in [3.05, 3.63) is 22.5 Å². The Balaban J connectivity index is 1.72. The second kappa shape index (κ2) is 6.53. The second-order valence-electron chi connectivity index (χ2n) is 6.68. The summed E-state index contributed by atoms with van der Waals surface area (Å²) in [5.74, 6) is 0. The molecule has 21 heavy (non-hydrogen) atoms. The molecule has 0 amide bonds. The van der Waals surface area contributed by atoms with Crippen LogP contribution in [0.15, 0.2) is 12.4 Å². The summed E-state index contributed by atoms with van der Waals surface area (Å²) < 4.78 is 1.41. The zero-order valence-corrected chi connectivity index (χ0v) is 12.7. The van der Waals surface area contributed by atoms with E-state index in [1.54, 1.807) is 0 Å². The van der Waals surface area contributed by atoms with Crippen LogP contribution in [0.25, 0.3) is 0 Å². The zero-order valence-electron chi connectivity index (χ0n) is 12.7. The van der Waals surface area contributed by atoms with Gasteiger partial charge in [0.1, 0.15) is 12.4 Å². The number of rotatable bonds is 6. The third kappa shape index (κ3) is 4.78. The number of aliphatic hydroxyl groups excluding tert-OH is 1. The Labute approximate surface area is 124 Å². The molecule has 0 spiro atoms. The molecule has 1 aromatic rings. The monoisotopic (exact) mass is 296 g/mol. The number of hydrogen-bond acceptors (Lipinski definition) is 5. The normalized spacial score (nSPS) is 20.3. The molecule has 0 aliphatic heterocycles. The van der Waals surface area contributed by atoms with Gasteiger partial charge in [-0.05, 0) is 31.1 Å². The molecule has 0 radical (unpaired) electrons. The fourth-order valence-electron chi connectivity index (χ4n) is 2.73. The highest BCUT2D eigenvalue weighted by molar-refractivity contribution is 5.20. The van der Waals surface area contributed by atoms with Gasteiger partial charge in [-0.25, -0.2) is 0 Å². The predicted octanol–water partition coefficient (Wildman–Crippen LogP) is 1.71. The molecule has 7 heteroatoms. The van der Waals surface area contributed by atoms with Crippen LogP contribution in [0.4, 0.5) is 5.69 Å². The minimum atomic E-state index is -0.598. The topological polar surface area (TPSA) is 93.2 Å². The second-order valence-corrected chi connectivity index (χ2v) is 6.68. The first-order valence-electron chi connectivity index (χ1n) is 7.44. The Bertz CT molecular complexity index is 476. The summed E-state index contributed by atoms with van der Waals surface area (Å²) in [6.07, 6.45) is 6.60. The van der Waals surface area contributed by atoms with Gasteiger partial charge in [-0.15, -0.1) is 0 Å². The van der Waals surface area contributed by atoms with E-state index >= 15 is 0 Å². The highest BCUT2D eigenvalue weighted by Gasteiger charge is 2.26. The minimum Gasteiger partial charge on any atom is -0.390 e. The van der Waals surface area contributed by atoms with Crippen molar-refractivity contribution in [1.82, 2.24) is 15.1 Å². The van der Waals surface area contributed by atoms with Crippen molar-refractivity contribution < 1.29 is 10.0 Å². The summed E-state index contributed by atoms with van der Waals surface area (Å²) in [5.41, 5.74) is 0.384. The molecule has 118 valence electrons. The molecule has 1 atom stereocenters. The molecule has 2 rings (SSSR count). The van der Waals surface area contributed by atoms with Gasteiger partial charge in [0.2, 0.25) is 0 Å². The Morgan fingerprint density at radius 1 is 1.57 bits per heavy atom. The van der Waals surface area contributed by atoms with E-state index in [-0.39, 0.29) is 12.2 Å². The SMILES string of the molecule is CC1(C)CCC(NCC(O)Cn2cc([N+](=O)[O-])cn2)CC1. The summed E-state index contributed by atoms with van der Waals surface area (Å²) >= 11 is 0. The van der Waals surface area contributed by atoms with Crippen molar-refractivity contribution >= 4 is 5.69 Å². The maximum Gasteiger partial charge on any atom is 0.306 e. The molecular formula is C14H24N4O3. The van der Waals surface area contributed by atoms with E-state index < -0.39 is 11.0 Å². The van der Waals surface area contributed by atoms with Crippen LogP contribution in [0.2, 0.25) is 0 Å². The number of nitrogens with zero attached hydrogens (tertiary/aromatic N) is 3. The highest BCUT2D eigenvalue weighted by Crippen LogP contribution is 2.34.